The first kappa shape index (κ1) is 24.9. The summed E-state index contributed by atoms with van der Waals surface area (Å²) < 4.78 is 34.4. The van der Waals surface area contributed by atoms with Gasteiger partial charge >= 0.3 is 5.97 Å². The second kappa shape index (κ2) is 11.4. The van der Waals surface area contributed by atoms with E-state index in [1.807, 2.05) is 6.07 Å². The lowest BCUT2D eigenvalue weighted by molar-refractivity contribution is 0.0697. The molecule has 0 aliphatic rings. The van der Waals surface area contributed by atoms with Gasteiger partial charge in [-0.15, -0.1) is 0 Å². The molecule has 0 fully saturated rings. The molecule has 7 nitrogen and oxygen atoms in total. The van der Waals surface area contributed by atoms with Crippen molar-refractivity contribution in [2.75, 3.05) is 28.4 Å². The van der Waals surface area contributed by atoms with E-state index in [0.29, 0.717) is 39.7 Å². The van der Waals surface area contributed by atoms with Crippen LogP contribution >= 0.6 is 0 Å². The molecule has 3 rings (SSSR count). The molecule has 1 atom stereocenters. The molecule has 0 heterocycles. The van der Waals surface area contributed by atoms with E-state index in [0.717, 1.165) is 5.56 Å². The topological polar surface area (TPSA) is 91.3 Å². The van der Waals surface area contributed by atoms with E-state index in [-0.39, 0.29) is 11.3 Å². The van der Waals surface area contributed by atoms with Crippen molar-refractivity contribution in [3.05, 3.63) is 76.7 Å². The normalized spacial score (nSPS) is 11.8. The number of benzene rings is 3. The van der Waals surface area contributed by atoms with Gasteiger partial charge in [-0.3, -0.25) is 4.21 Å². The minimum absolute atomic E-state index is 0.165. The SMILES string of the molecule is COc1cc(OC)c(/C=C/S(=O)Cc2ccc(OC)c(-c3ccccc3C(=O)O)c2)c(OC)c1. The number of methoxy groups -OCH3 is 4. The van der Waals surface area contributed by atoms with E-state index in [4.69, 9.17) is 18.9 Å². The zero-order chi connectivity index (χ0) is 24.7. The van der Waals surface area contributed by atoms with Crippen LogP contribution in [0.15, 0.2) is 60.0 Å². The van der Waals surface area contributed by atoms with Crippen molar-refractivity contribution in [3.8, 4) is 34.1 Å². The summed E-state index contributed by atoms with van der Waals surface area (Å²) in [5.74, 6) is 1.37. The molecule has 0 amide bonds. The zero-order valence-corrected chi connectivity index (χ0v) is 20.2. The largest absolute Gasteiger partial charge is 0.496 e. The number of ether oxygens (including phenoxy) is 4. The van der Waals surface area contributed by atoms with Crippen LogP contribution in [0.1, 0.15) is 21.5 Å². The molecule has 0 aliphatic carbocycles. The molecule has 3 aromatic carbocycles. The molecule has 8 heteroatoms. The number of carboxylic acids is 1. The summed E-state index contributed by atoms with van der Waals surface area (Å²) in [6, 6.07) is 15.5. The van der Waals surface area contributed by atoms with Crippen LogP contribution in [0.3, 0.4) is 0 Å². The third-order valence-electron chi connectivity index (χ3n) is 5.16. The second-order valence-corrected chi connectivity index (χ2v) is 8.48. The first-order valence-corrected chi connectivity index (χ1v) is 11.6. The fourth-order valence-corrected chi connectivity index (χ4v) is 4.41. The molecule has 0 spiro atoms. The summed E-state index contributed by atoms with van der Waals surface area (Å²) in [6.07, 6.45) is 1.69. The molecule has 0 saturated carbocycles. The van der Waals surface area contributed by atoms with Gasteiger partial charge in [0.2, 0.25) is 0 Å². The Morgan fingerprint density at radius 1 is 0.853 bits per heavy atom. The predicted molar refractivity (Wildman–Crippen MR) is 132 cm³/mol. The maximum atomic E-state index is 12.9. The predicted octanol–water partition coefficient (Wildman–Crippen LogP) is 5.01. The van der Waals surface area contributed by atoms with Crippen LogP contribution in [0.5, 0.6) is 23.0 Å². The maximum Gasteiger partial charge on any atom is 0.336 e. The number of carbonyl (C=O) groups is 1. The highest BCUT2D eigenvalue weighted by atomic mass is 32.2. The van der Waals surface area contributed by atoms with Gasteiger partial charge in [-0.1, -0.05) is 24.3 Å². The molecule has 0 radical (unpaired) electrons. The molecular formula is C26H26O7S. The number of aromatic carboxylic acids is 1. The maximum absolute atomic E-state index is 12.9. The summed E-state index contributed by atoms with van der Waals surface area (Å²) in [6.45, 7) is 0. The van der Waals surface area contributed by atoms with E-state index in [1.165, 1.54) is 21.3 Å². The summed E-state index contributed by atoms with van der Waals surface area (Å²) in [4.78, 5) is 11.7. The first-order valence-electron chi connectivity index (χ1n) is 10.3. The quantitative estimate of drug-likeness (QED) is 0.434. The fourth-order valence-electron chi connectivity index (χ4n) is 3.51. The van der Waals surface area contributed by atoms with Gasteiger partial charge in [0.1, 0.15) is 23.0 Å². The van der Waals surface area contributed by atoms with Gasteiger partial charge in [-0.05, 0) is 35.4 Å². The lowest BCUT2D eigenvalue weighted by Crippen LogP contribution is -2.01. The molecule has 0 aromatic heterocycles. The Balaban J connectivity index is 1.90. The Morgan fingerprint density at radius 2 is 1.50 bits per heavy atom. The number of rotatable bonds is 10. The van der Waals surface area contributed by atoms with E-state index in [2.05, 4.69) is 0 Å². The van der Waals surface area contributed by atoms with Crippen molar-refractivity contribution in [2.45, 2.75) is 5.75 Å². The van der Waals surface area contributed by atoms with Crippen LogP contribution in [0.25, 0.3) is 17.2 Å². The molecule has 34 heavy (non-hydrogen) atoms. The number of hydrogen-bond donors (Lipinski definition) is 1. The van der Waals surface area contributed by atoms with Gasteiger partial charge < -0.3 is 24.1 Å². The molecule has 178 valence electrons. The summed E-state index contributed by atoms with van der Waals surface area (Å²) >= 11 is 0. The Kier molecular flexibility index (Phi) is 8.32. The van der Waals surface area contributed by atoms with Gasteiger partial charge in [0, 0.05) is 23.1 Å². The highest BCUT2D eigenvalue weighted by Crippen LogP contribution is 2.36. The van der Waals surface area contributed by atoms with Crippen LogP contribution in [-0.2, 0) is 16.6 Å². The molecular weight excluding hydrogens is 456 g/mol. The summed E-state index contributed by atoms with van der Waals surface area (Å²) in [7, 11) is 4.79. The highest BCUT2D eigenvalue weighted by Gasteiger charge is 2.16. The van der Waals surface area contributed by atoms with Gasteiger partial charge in [-0.2, -0.15) is 0 Å². The van der Waals surface area contributed by atoms with Crippen LogP contribution < -0.4 is 18.9 Å². The molecule has 3 aromatic rings. The van der Waals surface area contributed by atoms with Crippen LogP contribution in [0.2, 0.25) is 0 Å². The Morgan fingerprint density at radius 3 is 2.09 bits per heavy atom. The van der Waals surface area contributed by atoms with E-state index >= 15 is 0 Å². The van der Waals surface area contributed by atoms with Crippen molar-refractivity contribution < 1.29 is 33.1 Å². The number of carboxylic acid groups (broad SMARTS) is 1. The standard InChI is InChI=1S/C26H26O7S/c1-30-18-14-24(32-3)21(25(15-18)33-4)11-12-34(29)16-17-9-10-23(31-2)22(13-17)19-7-5-6-8-20(19)26(27)28/h5-15H,16H2,1-4H3,(H,27,28)/b12-11+. The minimum Gasteiger partial charge on any atom is -0.496 e. The number of hydrogen-bond acceptors (Lipinski definition) is 6. The van der Waals surface area contributed by atoms with E-state index in [1.54, 1.807) is 67.1 Å². The third kappa shape index (κ3) is 5.58. The Bertz CT molecular complexity index is 1210. The molecule has 1 N–H and O–H groups in total. The Labute approximate surface area is 201 Å². The molecule has 0 bridgehead atoms. The van der Waals surface area contributed by atoms with Crippen LogP contribution in [-0.4, -0.2) is 43.7 Å². The van der Waals surface area contributed by atoms with Gasteiger partial charge in [0.15, 0.2) is 0 Å². The van der Waals surface area contributed by atoms with Crippen LogP contribution in [0, 0.1) is 0 Å². The van der Waals surface area contributed by atoms with E-state index in [9.17, 15) is 14.1 Å². The molecule has 0 saturated heterocycles. The zero-order valence-electron chi connectivity index (χ0n) is 19.4. The monoisotopic (exact) mass is 482 g/mol. The van der Waals surface area contributed by atoms with Crippen molar-refractivity contribution in [1.29, 1.82) is 0 Å². The highest BCUT2D eigenvalue weighted by molar-refractivity contribution is 7.87. The smallest absolute Gasteiger partial charge is 0.336 e. The average Bonchev–Trinajstić information content (AvgIpc) is 2.86. The lowest BCUT2D eigenvalue weighted by Gasteiger charge is -2.13. The van der Waals surface area contributed by atoms with Crippen molar-refractivity contribution in [3.63, 3.8) is 0 Å². The third-order valence-corrected chi connectivity index (χ3v) is 6.22. The van der Waals surface area contributed by atoms with E-state index < -0.39 is 16.8 Å². The van der Waals surface area contributed by atoms with Gasteiger partial charge in [0.25, 0.3) is 0 Å². The Hall–Kier alpha value is -3.78. The van der Waals surface area contributed by atoms with Gasteiger partial charge in [-0.25, -0.2) is 4.79 Å². The lowest BCUT2D eigenvalue weighted by atomic mass is 9.97. The molecule has 1 unspecified atom stereocenters. The molecule has 0 aliphatic heterocycles. The second-order valence-electron chi connectivity index (χ2n) is 7.16. The average molecular weight is 483 g/mol. The fraction of sp³-hybridized carbons (Fsp3) is 0.192. The van der Waals surface area contributed by atoms with Gasteiger partial charge in [0.05, 0.1) is 56.1 Å². The summed E-state index contributed by atoms with van der Waals surface area (Å²) in [5.41, 5.74) is 2.73. The van der Waals surface area contributed by atoms with Crippen LogP contribution in [0.4, 0.5) is 0 Å². The van der Waals surface area contributed by atoms with Crippen molar-refractivity contribution >= 4 is 22.8 Å². The van der Waals surface area contributed by atoms with Crippen molar-refractivity contribution in [2.24, 2.45) is 0 Å². The minimum atomic E-state index is -1.37. The first-order chi connectivity index (χ1) is 16.4. The summed E-state index contributed by atoms with van der Waals surface area (Å²) in [5, 5.41) is 11.1. The van der Waals surface area contributed by atoms with Crippen molar-refractivity contribution in [1.82, 2.24) is 0 Å².